The normalized spacial score (nSPS) is 13.4. The van der Waals surface area contributed by atoms with Crippen molar-refractivity contribution in [3.05, 3.63) is 23.2 Å². The number of sulfone groups is 1. The zero-order valence-corrected chi connectivity index (χ0v) is 10.8. The molecule has 0 heterocycles. The van der Waals surface area contributed by atoms with Gasteiger partial charge in [0.15, 0.2) is 9.84 Å². The summed E-state index contributed by atoms with van der Waals surface area (Å²) in [5.41, 5.74) is 0.506. The SMILES string of the molecule is CS(=O)(=O)c1ccc(NCC(O)CO)c(Cl)c1. The summed E-state index contributed by atoms with van der Waals surface area (Å²) in [4.78, 5) is 0.135. The molecular weight excluding hydrogens is 266 g/mol. The molecule has 0 saturated carbocycles. The van der Waals surface area contributed by atoms with Gasteiger partial charge in [0.25, 0.3) is 0 Å². The molecule has 96 valence electrons. The lowest BCUT2D eigenvalue weighted by Crippen LogP contribution is -2.23. The first-order valence-electron chi connectivity index (χ1n) is 4.87. The molecule has 3 N–H and O–H groups in total. The summed E-state index contributed by atoms with van der Waals surface area (Å²) in [5.74, 6) is 0. The zero-order chi connectivity index (χ0) is 13.1. The Morgan fingerprint density at radius 1 is 1.47 bits per heavy atom. The minimum Gasteiger partial charge on any atom is -0.394 e. The Hall–Kier alpha value is -0.820. The highest BCUT2D eigenvalue weighted by atomic mass is 35.5. The molecule has 7 heteroatoms. The van der Waals surface area contributed by atoms with Gasteiger partial charge in [0.1, 0.15) is 0 Å². The van der Waals surface area contributed by atoms with Gasteiger partial charge < -0.3 is 15.5 Å². The third kappa shape index (κ3) is 4.16. The molecule has 0 aromatic heterocycles. The van der Waals surface area contributed by atoms with Crippen LogP contribution in [0.1, 0.15) is 0 Å². The van der Waals surface area contributed by atoms with Gasteiger partial charge in [-0.25, -0.2) is 8.42 Å². The molecule has 0 spiro atoms. The third-order valence-corrected chi connectivity index (χ3v) is 3.53. The van der Waals surface area contributed by atoms with Crippen molar-refractivity contribution in [1.82, 2.24) is 0 Å². The molecule has 5 nitrogen and oxygen atoms in total. The van der Waals surface area contributed by atoms with Crippen molar-refractivity contribution < 1.29 is 18.6 Å². The monoisotopic (exact) mass is 279 g/mol. The molecule has 1 unspecified atom stereocenters. The summed E-state index contributed by atoms with van der Waals surface area (Å²) in [6.07, 6.45) is 0.210. The standard InChI is InChI=1S/C10H14ClNO4S/c1-17(15,16)8-2-3-10(9(11)4-8)12-5-7(14)6-13/h2-4,7,12-14H,5-6H2,1H3. The van der Waals surface area contributed by atoms with Gasteiger partial charge in [-0.15, -0.1) is 0 Å². The molecule has 0 radical (unpaired) electrons. The van der Waals surface area contributed by atoms with E-state index in [0.29, 0.717) is 5.69 Å². The van der Waals surface area contributed by atoms with E-state index in [2.05, 4.69) is 5.32 Å². The Kier molecular flexibility index (Phi) is 4.76. The maximum atomic E-state index is 11.3. The maximum absolute atomic E-state index is 11.3. The third-order valence-electron chi connectivity index (χ3n) is 2.11. The highest BCUT2D eigenvalue weighted by Gasteiger charge is 2.10. The highest BCUT2D eigenvalue weighted by molar-refractivity contribution is 7.90. The number of aliphatic hydroxyl groups is 2. The van der Waals surface area contributed by atoms with Crippen LogP contribution in [0.15, 0.2) is 23.1 Å². The first kappa shape index (κ1) is 14.2. The summed E-state index contributed by atoms with van der Waals surface area (Å²) < 4.78 is 22.5. The van der Waals surface area contributed by atoms with E-state index in [0.717, 1.165) is 6.26 Å². The van der Waals surface area contributed by atoms with Gasteiger partial charge in [-0.05, 0) is 18.2 Å². The summed E-state index contributed by atoms with van der Waals surface area (Å²) in [6, 6.07) is 4.28. The molecule has 1 atom stereocenters. The lowest BCUT2D eigenvalue weighted by molar-refractivity contribution is 0.105. The highest BCUT2D eigenvalue weighted by Crippen LogP contribution is 2.25. The van der Waals surface area contributed by atoms with Gasteiger partial charge in [0.2, 0.25) is 0 Å². The second-order valence-corrected chi connectivity index (χ2v) is 6.05. The van der Waals surface area contributed by atoms with Crippen LogP contribution < -0.4 is 5.32 Å². The first-order chi connectivity index (χ1) is 7.84. The smallest absolute Gasteiger partial charge is 0.175 e. The fourth-order valence-electron chi connectivity index (χ4n) is 1.16. The average Bonchev–Trinajstić information content (AvgIpc) is 2.25. The molecule has 0 saturated heterocycles. The van der Waals surface area contributed by atoms with E-state index in [1.54, 1.807) is 0 Å². The number of rotatable bonds is 5. The molecule has 1 aromatic carbocycles. The van der Waals surface area contributed by atoms with Crippen LogP contribution in [0.5, 0.6) is 0 Å². The Morgan fingerprint density at radius 2 is 2.12 bits per heavy atom. The number of hydrogen-bond acceptors (Lipinski definition) is 5. The zero-order valence-electron chi connectivity index (χ0n) is 9.22. The van der Waals surface area contributed by atoms with E-state index in [-0.39, 0.29) is 23.1 Å². The van der Waals surface area contributed by atoms with Crippen LogP contribution in [0.4, 0.5) is 5.69 Å². The van der Waals surface area contributed by atoms with Crippen LogP contribution >= 0.6 is 11.6 Å². The van der Waals surface area contributed by atoms with Gasteiger partial charge in [-0.1, -0.05) is 11.6 Å². The Bertz CT molecular complexity index is 489. The lowest BCUT2D eigenvalue weighted by atomic mass is 10.3. The summed E-state index contributed by atoms with van der Waals surface area (Å²) >= 11 is 5.89. The molecule has 0 bridgehead atoms. The van der Waals surface area contributed by atoms with Crippen LogP contribution in [0.3, 0.4) is 0 Å². The Balaban J connectivity index is 2.84. The van der Waals surface area contributed by atoms with Crippen LogP contribution in [0, 0.1) is 0 Å². The summed E-state index contributed by atoms with van der Waals surface area (Å²) in [6.45, 7) is -0.222. The van der Waals surface area contributed by atoms with Crippen LogP contribution in [-0.4, -0.2) is 44.1 Å². The molecule has 0 aliphatic carbocycles. The van der Waals surface area contributed by atoms with Gasteiger partial charge in [0, 0.05) is 12.8 Å². The van der Waals surface area contributed by atoms with Crippen molar-refractivity contribution in [3.8, 4) is 0 Å². The van der Waals surface area contributed by atoms with E-state index in [1.165, 1.54) is 18.2 Å². The van der Waals surface area contributed by atoms with E-state index in [9.17, 15) is 8.42 Å². The molecular formula is C10H14ClNO4S. The second-order valence-electron chi connectivity index (χ2n) is 3.63. The van der Waals surface area contributed by atoms with Crippen molar-refractivity contribution in [2.75, 3.05) is 24.7 Å². The average molecular weight is 280 g/mol. The fourth-order valence-corrected chi connectivity index (χ4v) is 2.12. The van der Waals surface area contributed by atoms with Crippen LogP contribution in [0.25, 0.3) is 0 Å². The number of benzene rings is 1. The van der Waals surface area contributed by atoms with E-state index < -0.39 is 15.9 Å². The Morgan fingerprint density at radius 3 is 2.59 bits per heavy atom. The van der Waals surface area contributed by atoms with E-state index in [1.807, 2.05) is 0 Å². The molecule has 0 amide bonds. The fraction of sp³-hybridized carbons (Fsp3) is 0.400. The van der Waals surface area contributed by atoms with Gasteiger partial charge in [-0.2, -0.15) is 0 Å². The number of nitrogens with one attached hydrogen (secondary N) is 1. The first-order valence-corrected chi connectivity index (χ1v) is 7.14. The topological polar surface area (TPSA) is 86.6 Å². The number of halogens is 1. The number of anilines is 1. The van der Waals surface area contributed by atoms with Crippen LogP contribution in [-0.2, 0) is 9.84 Å². The molecule has 1 aromatic rings. The van der Waals surface area contributed by atoms with E-state index in [4.69, 9.17) is 21.8 Å². The van der Waals surface area contributed by atoms with Crippen molar-refractivity contribution >= 4 is 27.1 Å². The van der Waals surface area contributed by atoms with Crippen molar-refractivity contribution in [2.45, 2.75) is 11.0 Å². The van der Waals surface area contributed by atoms with E-state index >= 15 is 0 Å². The predicted molar refractivity (Wildman–Crippen MR) is 66.1 cm³/mol. The minimum absolute atomic E-state index is 0.133. The number of aliphatic hydroxyl groups excluding tert-OH is 2. The molecule has 0 aliphatic rings. The quantitative estimate of drug-likeness (QED) is 0.731. The predicted octanol–water partition coefficient (Wildman–Crippen LogP) is 0.509. The second kappa shape index (κ2) is 5.68. The molecule has 0 fully saturated rings. The largest absolute Gasteiger partial charge is 0.394 e. The lowest BCUT2D eigenvalue weighted by Gasteiger charge is -2.12. The van der Waals surface area contributed by atoms with Crippen molar-refractivity contribution in [3.63, 3.8) is 0 Å². The van der Waals surface area contributed by atoms with Crippen LogP contribution in [0.2, 0.25) is 5.02 Å². The van der Waals surface area contributed by atoms with Gasteiger partial charge in [-0.3, -0.25) is 0 Å². The van der Waals surface area contributed by atoms with Gasteiger partial charge >= 0.3 is 0 Å². The molecule has 0 aliphatic heterocycles. The molecule has 17 heavy (non-hydrogen) atoms. The number of hydrogen-bond donors (Lipinski definition) is 3. The minimum atomic E-state index is -3.28. The van der Waals surface area contributed by atoms with Crippen molar-refractivity contribution in [2.24, 2.45) is 0 Å². The maximum Gasteiger partial charge on any atom is 0.175 e. The summed E-state index contributed by atoms with van der Waals surface area (Å²) in [5, 5.41) is 20.8. The molecule has 1 rings (SSSR count). The Labute approximate surface area is 105 Å². The van der Waals surface area contributed by atoms with Gasteiger partial charge in [0.05, 0.1) is 28.3 Å². The van der Waals surface area contributed by atoms with Crippen molar-refractivity contribution in [1.29, 1.82) is 0 Å². The summed E-state index contributed by atoms with van der Waals surface area (Å²) in [7, 11) is -3.28.